The predicted molar refractivity (Wildman–Crippen MR) is 88.7 cm³/mol. The summed E-state index contributed by atoms with van der Waals surface area (Å²) in [5.41, 5.74) is 1.75. The van der Waals surface area contributed by atoms with Crippen molar-refractivity contribution in [3.63, 3.8) is 0 Å². The van der Waals surface area contributed by atoms with Gasteiger partial charge in [0.05, 0.1) is 5.69 Å². The highest BCUT2D eigenvalue weighted by molar-refractivity contribution is 7.15. The molecule has 1 aliphatic rings. The van der Waals surface area contributed by atoms with Crippen LogP contribution in [0.3, 0.4) is 0 Å². The molecule has 1 aromatic rings. The molecular weight excluding hydrogens is 266 g/mol. The van der Waals surface area contributed by atoms with Crippen LogP contribution in [0.2, 0.25) is 0 Å². The highest BCUT2D eigenvalue weighted by Gasteiger charge is 2.31. The zero-order valence-electron chi connectivity index (χ0n) is 13.6. The molecule has 0 radical (unpaired) electrons. The van der Waals surface area contributed by atoms with Gasteiger partial charge in [0.1, 0.15) is 0 Å². The molecule has 0 aromatic carbocycles. The van der Waals surface area contributed by atoms with Crippen LogP contribution in [-0.4, -0.2) is 24.1 Å². The summed E-state index contributed by atoms with van der Waals surface area (Å²) in [5.74, 6) is 0. The molecule has 114 valence electrons. The highest BCUT2D eigenvalue weighted by Crippen LogP contribution is 2.35. The molecule has 1 aromatic heterocycles. The smallest absolute Gasteiger partial charge is 0.185 e. The van der Waals surface area contributed by atoms with Crippen LogP contribution in [0, 0.1) is 5.41 Å². The molecule has 0 bridgehead atoms. The Bertz CT molecular complexity index is 437. The van der Waals surface area contributed by atoms with E-state index in [2.05, 4.69) is 44.8 Å². The van der Waals surface area contributed by atoms with E-state index in [-0.39, 0.29) is 0 Å². The molecule has 1 aliphatic heterocycles. The Morgan fingerprint density at radius 1 is 1.40 bits per heavy atom. The average Bonchev–Trinajstić information content (AvgIpc) is 2.91. The van der Waals surface area contributed by atoms with Gasteiger partial charge in [-0.3, -0.25) is 0 Å². The number of hydrogen-bond donors (Lipinski definition) is 1. The van der Waals surface area contributed by atoms with Crippen molar-refractivity contribution in [2.75, 3.05) is 18.0 Å². The zero-order valence-corrected chi connectivity index (χ0v) is 14.4. The summed E-state index contributed by atoms with van der Waals surface area (Å²) >= 11 is 1.89. The Balaban J connectivity index is 2.12. The fourth-order valence-corrected chi connectivity index (χ4v) is 3.73. The van der Waals surface area contributed by atoms with E-state index in [0.717, 1.165) is 26.1 Å². The first-order valence-corrected chi connectivity index (χ1v) is 8.70. The first-order chi connectivity index (χ1) is 9.41. The molecule has 0 atom stereocenters. The molecule has 2 rings (SSSR count). The minimum Gasteiger partial charge on any atom is -0.348 e. The number of rotatable bonds is 6. The van der Waals surface area contributed by atoms with E-state index in [4.69, 9.17) is 4.98 Å². The average molecular weight is 295 g/mol. The maximum Gasteiger partial charge on any atom is 0.185 e. The van der Waals surface area contributed by atoms with E-state index in [1.165, 1.54) is 28.5 Å². The van der Waals surface area contributed by atoms with Crippen molar-refractivity contribution in [1.29, 1.82) is 0 Å². The summed E-state index contributed by atoms with van der Waals surface area (Å²) < 4.78 is 0. The second-order valence-corrected chi connectivity index (χ2v) is 8.05. The van der Waals surface area contributed by atoms with E-state index in [9.17, 15) is 0 Å². The number of hydrogen-bond acceptors (Lipinski definition) is 4. The minimum atomic E-state index is 0.437. The zero-order chi connectivity index (χ0) is 14.8. The van der Waals surface area contributed by atoms with Crippen molar-refractivity contribution in [1.82, 2.24) is 10.3 Å². The van der Waals surface area contributed by atoms with Gasteiger partial charge in [0.25, 0.3) is 0 Å². The van der Waals surface area contributed by atoms with Crippen molar-refractivity contribution in [2.45, 2.75) is 66.5 Å². The van der Waals surface area contributed by atoms with Gasteiger partial charge in [0.2, 0.25) is 0 Å². The van der Waals surface area contributed by atoms with Crippen LogP contribution in [0.25, 0.3) is 0 Å². The molecule has 0 spiro atoms. The fraction of sp³-hybridized carbons (Fsp3) is 0.812. The molecule has 0 saturated carbocycles. The van der Waals surface area contributed by atoms with Crippen LogP contribution in [0.1, 0.15) is 58.0 Å². The van der Waals surface area contributed by atoms with Crippen LogP contribution >= 0.6 is 11.3 Å². The van der Waals surface area contributed by atoms with Crippen molar-refractivity contribution in [3.8, 4) is 0 Å². The fourth-order valence-electron chi connectivity index (χ4n) is 2.65. The third-order valence-corrected chi connectivity index (χ3v) is 5.03. The topological polar surface area (TPSA) is 28.2 Å². The van der Waals surface area contributed by atoms with Crippen LogP contribution < -0.4 is 10.2 Å². The molecular formula is C16H29N3S. The molecule has 1 fully saturated rings. The summed E-state index contributed by atoms with van der Waals surface area (Å²) in [5, 5.41) is 4.77. The number of thiazole rings is 1. The molecule has 0 amide bonds. The normalized spacial score (nSPS) is 18.2. The molecule has 3 nitrogen and oxygen atoms in total. The van der Waals surface area contributed by atoms with Gasteiger partial charge in [-0.05, 0) is 18.3 Å². The summed E-state index contributed by atoms with van der Waals surface area (Å²) in [4.78, 5) is 8.84. The monoisotopic (exact) mass is 295 g/mol. The first-order valence-electron chi connectivity index (χ1n) is 7.88. The molecule has 1 saturated heterocycles. The quantitative estimate of drug-likeness (QED) is 0.864. The van der Waals surface area contributed by atoms with E-state index < -0.39 is 0 Å². The summed E-state index contributed by atoms with van der Waals surface area (Å²) in [6.45, 7) is 14.6. The Morgan fingerprint density at radius 2 is 2.15 bits per heavy atom. The van der Waals surface area contributed by atoms with Gasteiger partial charge in [0, 0.05) is 30.6 Å². The molecule has 2 heterocycles. The Labute approximate surface area is 127 Å². The summed E-state index contributed by atoms with van der Waals surface area (Å²) in [6, 6.07) is 0.528. The van der Waals surface area contributed by atoms with Gasteiger partial charge in [-0.1, -0.05) is 41.0 Å². The van der Waals surface area contributed by atoms with Crippen molar-refractivity contribution in [2.24, 2.45) is 5.41 Å². The van der Waals surface area contributed by atoms with Crippen LogP contribution in [0.4, 0.5) is 5.13 Å². The predicted octanol–water partition coefficient (Wildman–Crippen LogP) is 3.83. The SMILES string of the molecule is CCCc1nc(N2CCC(C)(C)C2)sc1CNC(C)C. The second kappa shape index (κ2) is 6.44. The minimum absolute atomic E-state index is 0.437. The lowest BCUT2D eigenvalue weighted by Crippen LogP contribution is -2.22. The van der Waals surface area contributed by atoms with Crippen LogP contribution in [0.15, 0.2) is 0 Å². The van der Waals surface area contributed by atoms with Crippen molar-refractivity contribution >= 4 is 16.5 Å². The third-order valence-electron chi connectivity index (χ3n) is 3.87. The van der Waals surface area contributed by atoms with E-state index in [1.807, 2.05) is 11.3 Å². The lowest BCUT2D eigenvalue weighted by atomic mass is 9.93. The summed E-state index contributed by atoms with van der Waals surface area (Å²) in [7, 11) is 0. The molecule has 0 unspecified atom stereocenters. The number of nitrogens with one attached hydrogen (secondary N) is 1. The van der Waals surface area contributed by atoms with Gasteiger partial charge >= 0.3 is 0 Å². The lowest BCUT2D eigenvalue weighted by Gasteiger charge is -2.18. The molecule has 1 N–H and O–H groups in total. The van der Waals surface area contributed by atoms with Gasteiger partial charge in [-0.2, -0.15) is 0 Å². The van der Waals surface area contributed by atoms with Gasteiger partial charge in [0.15, 0.2) is 5.13 Å². The highest BCUT2D eigenvalue weighted by atomic mass is 32.1. The van der Waals surface area contributed by atoms with E-state index in [0.29, 0.717) is 11.5 Å². The number of aromatic nitrogens is 1. The number of nitrogens with zero attached hydrogens (tertiary/aromatic N) is 2. The van der Waals surface area contributed by atoms with Crippen LogP contribution in [-0.2, 0) is 13.0 Å². The molecule has 4 heteroatoms. The maximum absolute atomic E-state index is 4.93. The third kappa shape index (κ3) is 3.95. The Hall–Kier alpha value is -0.610. The number of aryl methyl sites for hydroxylation is 1. The van der Waals surface area contributed by atoms with Crippen molar-refractivity contribution in [3.05, 3.63) is 10.6 Å². The van der Waals surface area contributed by atoms with E-state index >= 15 is 0 Å². The van der Waals surface area contributed by atoms with E-state index in [1.54, 1.807) is 0 Å². The second-order valence-electron chi connectivity index (χ2n) is 6.99. The Kier molecular flexibility index (Phi) is 5.08. The molecule has 0 aliphatic carbocycles. The van der Waals surface area contributed by atoms with Gasteiger partial charge < -0.3 is 10.2 Å². The standard InChI is InChI=1S/C16H29N3S/c1-6-7-13-14(10-17-12(2)3)20-15(18-13)19-9-8-16(4,5)11-19/h12,17H,6-11H2,1-5H3. The van der Waals surface area contributed by atoms with Crippen molar-refractivity contribution < 1.29 is 0 Å². The van der Waals surface area contributed by atoms with Gasteiger partial charge in [-0.15, -0.1) is 11.3 Å². The van der Waals surface area contributed by atoms with Gasteiger partial charge in [-0.25, -0.2) is 4.98 Å². The summed E-state index contributed by atoms with van der Waals surface area (Å²) in [6.07, 6.45) is 3.54. The molecule has 20 heavy (non-hydrogen) atoms. The Morgan fingerprint density at radius 3 is 2.70 bits per heavy atom. The largest absolute Gasteiger partial charge is 0.348 e. The lowest BCUT2D eigenvalue weighted by molar-refractivity contribution is 0.418. The maximum atomic E-state index is 4.93. The first kappa shape index (κ1) is 15.8. The number of anilines is 1. The van der Waals surface area contributed by atoms with Crippen LogP contribution in [0.5, 0.6) is 0 Å².